The molecule has 0 fully saturated rings. The molecular formula is C28H24N4O2S. The highest BCUT2D eigenvalue weighted by molar-refractivity contribution is 7.99. The van der Waals surface area contributed by atoms with E-state index in [9.17, 15) is 4.79 Å². The first kappa shape index (κ1) is 22.7. The normalized spacial score (nSPS) is 10.9. The van der Waals surface area contributed by atoms with Gasteiger partial charge in [-0.25, -0.2) is 9.50 Å². The van der Waals surface area contributed by atoms with E-state index < -0.39 is 0 Å². The monoisotopic (exact) mass is 480 g/mol. The van der Waals surface area contributed by atoms with Gasteiger partial charge in [-0.3, -0.25) is 4.79 Å². The van der Waals surface area contributed by atoms with E-state index in [1.165, 1.54) is 17.3 Å². The molecule has 0 saturated heterocycles. The molecule has 1 N–H and O–H groups in total. The third kappa shape index (κ3) is 4.90. The van der Waals surface area contributed by atoms with Gasteiger partial charge in [-0.05, 0) is 43.3 Å². The third-order valence-corrected chi connectivity index (χ3v) is 6.59. The van der Waals surface area contributed by atoms with Crippen LogP contribution >= 0.6 is 11.8 Å². The predicted molar refractivity (Wildman–Crippen MR) is 138 cm³/mol. The van der Waals surface area contributed by atoms with E-state index in [-0.39, 0.29) is 12.5 Å². The van der Waals surface area contributed by atoms with Gasteiger partial charge in [0.2, 0.25) is 0 Å². The van der Waals surface area contributed by atoms with Crippen LogP contribution in [-0.4, -0.2) is 27.6 Å². The number of rotatable bonds is 7. The first-order chi connectivity index (χ1) is 17.1. The zero-order valence-corrected chi connectivity index (χ0v) is 20.3. The Morgan fingerprint density at radius 3 is 2.46 bits per heavy atom. The number of benzene rings is 3. The minimum Gasteiger partial charge on any atom is -0.496 e. The largest absolute Gasteiger partial charge is 0.496 e. The van der Waals surface area contributed by atoms with Crippen molar-refractivity contribution in [1.29, 1.82) is 0 Å². The molecule has 0 radical (unpaired) electrons. The summed E-state index contributed by atoms with van der Waals surface area (Å²) >= 11 is 1.52. The minimum absolute atomic E-state index is 0.144. The Balaban J connectivity index is 1.53. The molecule has 5 rings (SSSR count). The van der Waals surface area contributed by atoms with Gasteiger partial charge < -0.3 is 10.1 Å². The quantitative estimate of drug-likeness (QED) is 0.319. The summed E-state index contributed by atoms with van der Waals surface area (Å²) in [4.78, 5) is 18.6. The van der Waals surface area contributed by atoms with Crippen molar-refractivity contribution in [3.63, 3.8) is 0 Å². The fraction of sp³-hybridized carbons (Fsp3) is 0.107. The number of aryl methyl sites for hydroxylation is 1. The summed E-state index contributed by atoms with van der Waals surface area (Å²) in [7, 11) is 1.66. The van der Waals surface area contributed by atoms with Crippen LogP contribution in [0.3, 0.4) is 0 Å². The van der Waals surface area contributed by atoms with E-state index in [1.54, 1.807) is 19.2 Å². The van der Waals surface area contributed by atoms with E-state index >= 15 is 0 Å². The number of nitrogens with one attached hydrogen (secondary N) is 1. The molecular weight excluding hydrogens is 456 g/mol. The van der Waals surface area contributed by atoms with Crippen molar-refractivity contribution in [2.24, 2.45) is 0 Å². The van der Waals surface area contributed by atoms with Crippen LogP contribution in [0.15, 0.2) is 101 Å². The zero-order valence-electron chi connectivity index (χ0n) is 19.4. The average Bonchev–Trinajstić information content (AvgIpc) is 3.26. The second-order valence-electron chi connectivity index (χ2n) is 8.02. The molecule has 6 nitrogen and oxygen atoms in total. The number of carbonyl (C=O) groups excluding carboxylic acids is 1. The molecule has 7 heteroatoms. The summed E-state index contributed by atoms with van der Waals surface area (Å²) in [5, 5.41) is 8.70. The molecule has 0 aliphatic carbocycles. The molecule has 2 heterocycles. The highest BCUT2D eigenvalue weighted by Crippen LogP contribution is 2.34. The van der Waals surface area contributed by atoms with Crippen LogP contribution in [0.5, 0.6) is 5.75 Å². The summed E-state index contributed by atoms with van der Waals surface area (Å²) in [6.45, 7) is 2.34. The number of imidazole rings is 1. The summed E-state index contributed by atoms with van der Waals surface area (Å²) < 4.78 is 7.31. The summed E-state index contributed by atoms with van der Waals surface area (Å²) in [6.07, 6.45) is 0. The van der Waals surface area contributed by atoms with Gasteiger partial charge >= 0.3 is 0 Å². The standard InChI is InChI=1S/C28H24N4O2S/c1-19-12-14-20(15-13-19)27-22(18-29-28(33)21-8-4-3-5-9-21)32-25(30-27)16-17-26(31-32)35-24-11-7-6-10-23(24)34-2/h3-17H,18H2,1-2H3,(H,29,33). The molecule has 0 aliphatic rings. The van der Waals surface area contributed by atoms with Gasteiger partial charge in [-0.2, -0.15) is 5.10 Å². The summed E-state index contributed by atoms with van der Waals surface area (Å²) in [5.74, 6) is 0.649. The number of carbonyl (C=O) groups is 1. The molecule has 35 heavy (non-hydrogen) atoms. The van der Waals surface area contributed by atoms with Gasteiger partial charge in [0.15, 0.2) is 5.65 Å². The highest BCUT2D eigenvalue weighted by Gasteiger charge is 2.17. The third-order valence-electron chi connectivity index (χ3n) is 5.61. The van der Waals surface area contributed by atoms with Gasteiger partial charge in [-0.1, -0.05) is 71.9 Å². The number of methoxy groups -OCH3 is 1. The predicted octanol–water partition coefficient (Wildman–Crippen LogP) is 5.79. The Morgan fingerprint density at radius 2 is 1.69 bits per heavy atom. The molecule has 0 saturated carbocycles. The van der Waals surface area contributed by atoms with Crippen LogP contribution in [-0.2, 0) is 6.54 Å². The Bertz CT molecular complexity index is 1480. The lowest BCUT2D eigenvalue weighted by Gasteiger charge is -2.09. The number of ether oxygens (including phenoxy) is 1. The molecule has 0 unspecified atom stereocenters. The number of hydrogen-bond acceptors (Lipinski definition) is 5. The molecule has 2 aromatic heterocycles. The number of aromatic nitrogens is 3. The van der Waals surface area contributed by atoms with Gasteiger partial charge in [0.25, 0.3) is 5.91 Å². The number of para-hydroxylation sites is 1. The smallest absolute Gasteiger partial charge is 0.251 e. The Morgan fingerprint density at radius 1 is 0.943 bits per heavy atom. The molecule has 3 aromatic carbocycles. The van der Waals surface area contributed by atoms with Crippen LogP contribution in [0, 0.1) is 6.92 Å². The van der Waals surface area contributed by atoms with Crippen molar-refractivity contribution in [2.75, 3.05) is 7.11 Å². The van der Waals surface area contributed by atoms with E-state index in [4.69, 9.17) is 14.8 Å². The lowest BCUT2D eigenvalue weighted by Crippen LogP contribution is -2.24. The van der Waals surface area contributed by atoms with Crippen molar-refractivity contribution >= 4 is 23.3 Å². The van der Waals surface area contributed by atoms with E-state index in [1.807, 2.05) is 71.2 Å². The van der Waals surface area contributed by atoms with Crippen molar-refractivity contribution in [2.45, 2.75) is 23.4 Å². The molecule has 5 aromatic rings. The average molecular weight is 481 g/mol. The SMILES string of the molecule is COc1ccccc1Sc1ccc2nc(-c3ccc(C)cc3)c(CNC(=O)c3ccccc3)n2n1. The Kier molecular flexibility index (Phi) is 6.50. The lowest BCUT2D eigenvalue weighted by atomic mass is 10.1. The number of hydrogen-bond donors (Lipinski definition) is 1. The minimum atomic E-state index is -0.144. The van der Waals surface area contributed by atoms with Crippen LogP contribution in [0.4, 0.5) is 0 Å². The second-order valence-corrected chi connectivity index (χ2v) is 9.08. The van der Waals surface area contributed by atoms with E-state index in [0.29, 0.717) is 11.2 Å². The fourth-order valence-corrected chi connectivity index (χ4v) is 4.67. The Labute approximate surface area is 208 Å². The molecule has 0 aliphatic heterocycles. The van der Waals surface area contributed by atoms with Gasteiger partial charge in [0.05, 0.1) is 29.9 Å². The van der Waals surface area contributed by atoms with Crippen LogP contribution in [0.2, 0.25) is 0 Å². The first-order valence-electron chi connectivity index (χ1n) is 11.2. The number of nitrogens with zero attached hydrogens (tertiary/aromatic N) is 3. The van der Waals surface area contributed by atoms with Crippen molar-refractivity contribution in [3.8, 4) is 17.0 Å². The van der Waals surface area contributed by atoms with Gasteiger partial charge in [-0.15, -0.1) is 0 Å². The molecule has 0 bridgehead atoms. The highest BCUT2D eigenvalue weighted by atomic mass is 32.2. The lowest BCUT2D eigenvalue weighted by molar-refractivity contribution is 0.0950. The molecule has 0 atom stereocenters. The van der Waals surface area contributed by atoms with Crippen LogP contribution < -0.4 is 10.1 Å². The number of fused-ring (bicyclic) bond motifs is 1. The van der Waals surface area contributed by atoms with Gasteiger partial charge in [0.1, 0.15) is 10.8 Å². The van der Waals surface area contributed by atoms with Crippen molar-refractivity contribution in [1.82, 2.24) is 19.9 Å². The fourth-order valence-electron chi connectivity index (χ4n) is 3.79. The maximum atomic E-state index is 12.8. The summed E-state index contributed by atoms with van der Waals surface area (Å²) in [6, 6.07) is 29.1. The maximum absolute atomic E-state index is 12.8. The second kappa shape index (κ2) is 10.0. The van der Waals surface area contributed by atoms with Crippen molar-refractivity contribution < 1.29 is 9.53 Å². The Hall–Kier alpha value is -4.10. The molecule has 174 valence electrons. The molecule has 1 amide bonds. The maximum Gasteiger partial charge on any atom is 0.251 e. The topological polar surface area (TPSA) is 68.5 Å². The van der Waals surface area contributed by atoms with Gasteiger partial charge in [0, 0.05) is 11.1 Å². The number of amides is 1. The van der Waals surface area contributed by atoms with E-state index in [2.05, 4.69) is 24.4 Å². The van der Waals surface area contributed by atoms with E-state index in [0.717, 1.165) is 32.6 Å². The first-order valence-corrected chi connectivity index (χ1v) is 12.0. The summed E-state index contributed by atoms with van der Waals surface area (Å²) in [5.41, 5.74) is 5.09. The zero-order chi connectivity index (χ0) is 24.2. The van der Waals surface area contributed by atoms with Crippen LogP contribution in [0.25, 0.3) is 16.9 Å². The molecule has 0 spiro atoms. The van der Waals surface area contributed by atoms with Crippen LogP contribution in [0.1, 0.15) is 21.6 Å². The van der Waals surface area contributed by atoms with Crippen molar-refractivity contribution in [3.05, 3.63) is 108 Å².